The van der Waals surface area contributed by atoms with Crippen LogP contribution in [0.15, 0.2) is 30.3 Å². The van der Waals surface area contributed by atoms with E-state index in [1.54, 1.807) is 30.3 Å². The quantitative estimate of drug-likeness (QED) is 0.431. The number of benzene rings is 1. The molecule has 5 heteroatoms. The summed E-state index contributed by atoms with van der Waals surface area (Å²) in [4.78, 5) is 23.0. The lowest BCUT2D eigenvalue weighted by molar-refractivity contribution is -0.116. The summed E-state index contributed by atoms with van der Waals surface area (Å²) in [6, 6.07) is 6.87. The number of esters is 1. The summed E-state index contributed by atoms with van der Waals surface area (Å²) in [6.07, 6.45) is 6.60. The molecule has 0 bridgehead atoms. The highest BCUT2D eigenvalue weighted by atomic mass is 16.5. The fourth-order valence-electron chi connectivity index (χ4n) is 2.00. The van der Waals surface area contributed by atoms with Gasteiger partial charge in [0, 0.05) is 25.8 Å². The van der Waals surface area contributed by atoms with Gasteiger partial charge in [-0.2, -0.15) is 0 Å². The Morgan fingerprint density at radius 1 is 1.26 bits per heavy atom. The van der Waals surface area contributed by atoms with Crippen LogP contribution in [-0.4, -0.2) is 38.7 Å². The zero-order chi connectivity index (χ0) is 16.5. The van der Waals surface area contributed by atoms with Gasteiger partial charge in [0.2, 0.25) is 5.91 Å². The van der Waals surface area contributed by atoms with E-state index in [0.717, 1.165) is 24.5 Å². The van der Waals surface area contributed by atoms with Crippen LogP contribution in [0.4, 0.5) is 0 Å². The lowest BCUT2D eigenvalue weighted by atomic mass is 10.1. The fraction of sp³-hybridized carbons (Fsp3) is 0.444. The number of ether oxygens (including phenoxy) is 2. The van der Waals surface area contributed by atoms with Crippen molar-refractivity contribution in [3.8, 4) is 0 Å². The van der Waals surface area contributed by atoms with E-state index in [9.17, 15) is 9.59 Å². The number of methoxy groups -OCH3 is 1. The van der Waals surface area contributed by atoms with Gasteiger partial charge in [-0.05, 0) is 49.0 Å². The van der Waals surface area contributed by atoms with E-state index in [2.05, 4.69) is 10.1 Å². The van der Waals surface area contributed by atoms with E-state index >= 15 is 0 Å². The average molecular weight is 317 g/mol. The Labute approximate surface area is 136 Å². The van der Waals surface area contributed by atoms with Crippen LogP contribution in [0, 0.1) is 5.92 Å². The van der Waals surface area contributed by atoms with Gasteiger partial charge < -0.3 is 14.8 Å². The van der Waals surface area contributed by atoms with E-state index in [1.807, 2.05) is 0 Å². The highest BCUT2D eigenvalue weighted by molar-refractivity contribution is 5.92. The molecule has 0 unspecified atom stereocenters. The van der Waals surface area contributed by atoms with Crippen LogP contribution in [0.1, 0.15) is 35.2 Å². The highest BCUT2D eigenvalue weighted by Gasteiger charge is 2.20. The predicted molar refractivity (Wildman–Crippen MR) is 88.0 cm³/mol. The van der Waals surface area contributed by atoms with Gasteiger partial charge in [-0.3, -0.25) is 4.79 Å². The summed E-state index contributed by atoms with van der Waals surface area (Å²) in [7, 11) is 1.34. The average Bonchev–Trinajstić information content (AvgIpc) is 3.40. The first-order valence-electron chi connectivity index (χ1n) is 7.91. The van der Waals surface area contributed by atoms with Gasteiger partial charge in [-0.1, -0.05) is 12.1 Å². The van der Waals surface area contributed by atoms with Crippen molar-refractivity contribution in [1.82, 2.24) is 5.32 Å². The molecule has 1 N–H and O–H groups in total. The number of nitrogens with one attached hydrogen (secondary N) is 1. The molecular formula is C18H23NO4. The molecule has 1 amide bonds. The largest absolute Gasteiger partial charge is 0.465 e. The van der Waals surface area contributed by atoms with E-state index in [1.165, 1.54) is 26.0 Å². The molecule has 0 aliphatic heterocycles. The minimum atomic E-state index is -0.373. The Hall–Kier alpha value is -2.14. The van der Waals surface area contributed by atoms with E-state index in [4.69, 9.17) is 4.74 Å². The maximum atomic E-state index is 11.7. The van der Waals surface area contributed by atoms with Crippen molar-refractivity contribution in [1.29, 1.82) is 0 Å². The number of carbonyl (C=O) groups excluding carboxylic acids is 2. The van der Waals surface area contributed by atoms with Gasteiger partial charge in [0.1, 0.15) is 0 Å². The van der Waals surface area contributed by atoms with Crippen LogP contribution in [0.2, 0.25) is 0 Å². The standard InChI is InChI=1S/C18H23NO4/c1-22-18(21)16-8-5-14(6-9-16)7-10-17(20)19-11-2-12-23-13-15-3-4-15/h5-10,15H,2-4,11-13H2,1H3,(H,19,20)/b10-7+. The van der Waals surface area contributed by atoms with Gasteiger partial charge in [0.15, 0.2) is 0 Å². The maximum absolute atomic E-state index is 11.7. The van der Waals surface area contributed by atoms with Crippen molar-refractivity contribution in [3.05, 3.63) is 41.5 Å². The zero-order valence-corrected chi connectivity index (χ0v) is 13.4. The number of amides is 1. The first-order valence-corrected chi connectivity index (χ1v) is 7.91. The molecule has 1 aliphatic carbocycles. The van der Waals surface area contributed by atoms with Crippen LogP contribution in [0.5, 0.6) is 0 Å². The molecule has 0 saturated heterocycles. The summed E-state index contributed by atoms with van der Waals surface area (Å²) < 4.78 is 10.1. The molecule has 23 heavy (non-hydrogen) atoms. The third kappa shape index (κ3) is 6.65. The third-order valence-corrected chi connectivity index (χ3v) is 3.57. The minimum Gasteiger partial charge on any atom is -0.465 e. The van der Waals surface area contributed by atoms with E-state index in [-0.39, 0.29) is 11.9 Å². The molecule has 124 valence electrons. The normalized spacial score (nSPS) is 14.0. The van der Waals surface area contributed by atoms with Crippen molar-refractivity contribution in [3.63, 3.8) is 0 Å². The molecule has 0 heterocycles. The molecule has 1 aromatic carbocycles. The molecule has 5 nitrogen and oxygen atoms in total. The van der Waals surface area contributed by atoms with E-state index < -0.39 is 0 Å². The van der Waals surface area contributed by atoms with Crippen LogP contribution in [0.25, 0.3) is 6.08 Å². The first-order chi connectivity index (χ1) is 11.2. The summed E-state index contributed by atoms with van der Waals surface area (Å²) in [5.74, 6) is 0.268. The Balaban J connectivity index is 1.63. The Kier molecular flexibility index (Phi) is 6.81. The van der Waals surface area contributed by atoms with Gasteiger partial charge in [-0.25, -0.2) is 4.79 Å². The monoisotopic (exact) mass is 317 g/mol. The van der Waals surface area contributed by atoms with Crippen molar-refractivity contribution >= 4 is 18.0 Å². The molecule has 0 spiro atoms. The second-order valence-electron chi connectivity index (χ2n) is 5.61. The molecule has 1 aromatic rings. The lowest BCUT2D eigenvalue weighted by Crippen LogP contribution is -2.23. The zero-order valence-electron chi connectivity index (χ0n) is 13.4. The van der Waals surface area contributed by atoms with Crippen molar-refractivity contribution in [2.75, 3.05) is 26.9 Å². The number of hydrogen-bond acceptors (Lipinski definition) is 4. The third-order valence-electron chi connectivity index (χ3n) is 3.57. The van der Waals surface area contributed by atoms with Crippen molar-refractivity contribution < 1.29 is 19.1 Å². The second kappa shape index (κ2) is 9.10. The first kappa shape index (κ1) is 17.2. The molecule has 0 atom stereocenters. The Morgan fingerprint density at radius 2 is 2.00 bits per heavy atom. The maximum Gasteiger partial charge on any atom is 0.337 e. The van der Waals surface area contributed by atoms with Gasteiger partial charge in [-0.15, -0.1) is 0 Å². The van der Waals surface area contributed by atoms with Crippen LogP contribution in [-0.2, 0) is 14.3 Å². The second-order valence-corrected chi connectivity index (χ2v) is 5.61. The fourth-order valence-corrected chi connectivity index (χ4v) is 2.00. The number of rotatable bonds is 9. The topological polar surface area (TPSA) is 64.6 Å². The van der Waals surface area contributed by atoms with Crippen LogP contribution < -0.4 is 5.32 Å². The molecule has 1 fully saturated rings. The molecule has 0 aromatic heterocycles. The summed E-state index contributed by atoms with van der Waals surface area (Å²) in [5.41, 5.74) is 1.33. The Bertz CT molecular complexity index is 547. The minimum absolute atomic E-state index is 0.135. The predicted octanol–water partition coefficient (Wildman–Crippen LogP) is 2.42. The van der Waals surface area contributed by atoms with Gasteiger partial charge >= 0.3 is 5.97 Å². The molecule has 0 radical (unpaired) electrons. The Morgan fingerprint density at radius 3 is 2.65 bits per heavy atom. The van der Waals surface area contributed by atoms with Crippen molar-refractivity contribution in [2.24, 2.45) is 5.92 Å². The number of carbonyl (C=O) groups is 2. The number of hydrogen-bond donors (Lipinski definition) is 1. The summed E-state index contributed by atoms with van der Waals surface area (Å²) in [5, 5.41) is 2.82. The van der Waals surface area contributed by atoms with Gasteiger partial charge in [0.25, 0.3) is 0 Å². The molecule has 1 aliphatic rings. The molecule has 1 saturated carbocycles. The smallest absolute Gasteiger partial charge is 0.337 e. The summed E-state index contributed by atoms with van der Waals surface area (Å²) in [6.45, 7) is 2.15. The molecule has 2 rings (SSSR count). The van der Waals surface area contributed by atoms with Crippen LogP contribution >= 0.6 is 0 Å². The van der Waals surface area contributed by atoms with Crippen LogP contribution in [0.3, 0.4) is 0 Å². The van der Waals surface area contributed by atoms with Crippen molar-refractivity contribution in [2.45, 2.75) is 19.3 Å². The SMILES string of the molecule is COC(=O)c1ccc(/C=C/C(=O)NCCCOCC2CC2)cc1. The van der Waals surface area contributed by atoms with Gasteiger partial charge in [0.05, 0.1) is 12.7 Å². The van der Waals surface area contributed by atoms with E-state index in [0.29, 0.717) is 18.7 Å². The summed E-state index contributed by atoms with van der Waals surface area (Å²) >= 11 is 0. The highest BCUT2D eigenvalue weighted by Crippen LogP contribution is 2.28. The molecular weight excluding hydrogens is 294 g/mol. The lowest BCUT2D eigenvalue weighted by Gasteiger charge is -2.04.